The Bertz CT molecular complexity index is 1830. The van der Waals surface area contributed by atoms with Crippen molar-refractivity contribution in [3.8, 4) is 11.1 Å². The first kappa shape index (κ1) is 20.4. The summed E-state index contributed by atoms with van der Waals surface area (Å²) >= 11 is 0. The molecular formula is C32H19NO3. The topological polar surface area (TPSA) is 50.5 Å². The highest BCUT2D eigenvalue weighted by Crippen LogP contribution is 2.43. The third-order valence-corrected chi connectivity index (χ3v) is 6.79. The predicted octanol–water partition coefficient (Wildman–Crippen LogP) is 7.63. The summed E-state index contributed by atoms with van der Waals surface area (Å²) in [6.45, 7) is 0. The molecule has 170 valence electrons. The number of para-hydroxylation sites is 3. The lowest BCUT2D eigenvalue weighted by Gasteiger charge is -2.25. The minimum absolute atomic E-state index is 0.0689. The van der Waals surface area contributed by atoms with Crippen LogP contribution in [-0.2, 0) is 0 Å². The molecule has 1 aromatic heterocycles. The summed E-state index contributed by atoms with van der Waals surface area (Å²) in [7, 11) is 0. The second-order valence-corrected chi connectivity index (χ2v) is 8.89. The van der Waals surface area contributed by atoms with Gasteiger partial charge in [-0.15, -0.1) is 0 Å². The molecule has 0 fully saturated rings. The molecule has 7 rings (SSSR count). The average molecular weight is 466 g/mol. The maximum Gasteiger partial charge on any atom is 0.200 e. The fourth-order valence-corrected chi connectivity index (χ4v) is 5.10. The SMILES string of the molecule is O=C1c2cc(N(c3ccccc3)c3ccccc3)ccc2-c2cc3c(=O)c4ccccc4oc3cc21. The van der Waals surface area contributed by atoms with E-state index in [9.17, 15) is 9.59 Å². The zero-order chi connectivity index (χ0) is 24.2. The highest BCUT2D eigenvalue weighted by molar-refractivity contribution is 6.23. The monoisotopic (exact) mass is 465 g/mol. The molecule has 0 bridgehead atoms. The molecule has 0 aliphatic heterocycles. The van der Waals surface area contributed by atoms with Crippen LogP contribution in [0.25, 0.3) is 33.1 Å². The molecule has 1 aliphatic carbocycles. The molecule has 0 unspecified atom stereocenters. The molecular weight excluding hydrogens is 446 g/mol. The lowest BCUT2D eigenvalue weighted by molar-refractivity contribution is 0.104. The molecule has 0 atom stereocenters. The minimum Gasteiger partial charge on any atom is -0.456 e. The maximum absolute atomic E-state index is 13.6. The lowest BCUT2D eigenvalue weighted by Crippen LogP contribution is -2.10. The van der Waals surface area contributed by atoms with E-state index in [0.29, 0.717) is 33.1 Å². The smallest absolute Gasteiger partial charge is 0.200 e. The summed E-state index contributed by atoms with van der Waals surface area (Å²) in [5.74, 6) is -0.0689. The van der Waals surface area contributed by atoms with Crippen LogP contribution in [0.5, 0.6) is 0 Å². The van der Waals surface area contributed by atoms with Crippen LogP contribution in [0, 0.1) is 0 Å². The van der Waals surface area contributed by atoms with Crippen LogP contribution in [0.1, 0.15) is 15.9 Å². The molecule has 0 radical (unpaired) electrons. The Balaban J connectivity index is 1.41. The number of anilines is 3. The Hall–Kier alpha value is -4.96. The van der Waals surface area contributed by atoms with Crippen LogP contribution in [0.2, 0.25) is 0 Å². The summed E-state index contributed by atoms with van der Waals surface area (Å²) < 4.78 is 6.02. The van der Waals surface area contributed by atoms with E-state index in [-0.39, 0.29) is 11.2 Å². The van der Waals surface area contributed by atoms with Gasteiger partial charge in [0.15, 0.2) is 5.78 Å². The van der Waals surface area contributed by atoms with Gasteiger partial charge in [-0.1, -0.05) is 54.6 Å². The largest absolute Gasteiger partial charge is 0.456 e. The van der Waals surface area contributed by atoms with E-state index in [1.54, 1.807) is 24.3 Å². The molecule has 1 heterocycles. The number of benzene rings is 5. The van der Waals surface area contributed by atoms with Gasteiger partial charge in [0, 0.05) is 28.2 Å². The molecule has 6 aromatic rings. The molecule has 5 aromatic carbocycles. The van der Waals surface area contributed by atoms with Crippen molar-refractivity contribution >= 4 is 44.8 Å². The third-order valence-electron chi connectivity index (χ3n) is 6.79. The van der Waals surface area contributed by atoms with Crippen LogP contribution >= 0.6 is 0 Å². The van der Waals surface area contributed by atoms with Crippen LogP contribution < -0.4 is 10.3 Å². The average Bonchev–Trinajstić information content (AvgIpc) is 3.20. The highest BCUT2D eigenvalue weighted by atomic mass is 16.3. The molecule has 1 aliphatic rings. The lowest BCUT2D eigenvalue weighted by atomic mass is 10.0. The van der Waals surface area contributed by atoms with Crippen molar-refractivity contribution < 1.29 is 9.21 Å². The molecule has 4 heteroatoms. The Labute approximate surface area is 206 Å². The zero-order valence-corrected chi connectivity index (χ0v) is 19.1. The molecule has 0 amide bonds. The molecule has 36 heavy (non-hydrogen) atoms. The Morgan fingerprint density at radius 3 is 1.83 bits per heavy atom. The molecule has 0 N–H and O–H groups in total. The van der Waals surface area contributed by atoms with Crippen molar-refractivity contribution in [2.24, 2.45) is 0 Å². The van der Waals surface area contributed by atoms with Gasteiger partial charge in [0.1, 0.15) is 11.2 Å². The minimum atomic E-state index is -0.0912. The van der Waals surface area contributed by atoms with Gasteiger partial charge in [-0.05, 0) is 71.8 Å². The number of hydrogen-bond acceptors (Lipinski definition) is 4. The van der Waals surface area contributed by atoms with Crippen molar-refractivity contribution in [2.45, 2.75) is 0 Å². The number of carbonyl (C=O) groups excluding carboxylic acids is 1. The van der Waals surface area contributed by atoms with E-state index in [0.717, 1.165) is 28.2 Å². The fourth-order valence-electron chi connectivity index (χ4n) is 5.10. The van der Waals surface area contributed by atoms with Gasteiger partial charge in [-0.2, -0.15) is 0 Å². The van der Waals surface area contributed by atoms with Crippen LogP contribution in [0.3, 0.4) is 0 Å². The Morgan fingerprint density at radius 1 is 0.472 bits per heavy atom. The van der Waals surface area contributed by atoms with Crippen molar-refractivity contribution in [3.63, 3.8) is 0 Å². The number of ketones is 1. The molecule has 0 spiro atoms. The van der Waals surface area contributed by atoms with Gasteiger partial charge in [-0.25, -0.2) is 0 Å². The van der Waals surface area contributed by atoms with Crippen LogP contribution in [-0.4, -0.2) is 5.78 Å². The van der Waals surface area contributed by atoms with Crippen molar-refractivity contribution in [1.82, 2.24) is 0 Å². The normalized spacial score (nSPS) is 12.1. The number of rotatable bonds is 3. The third kappa shape index (κ3) is 3.01. The summed E-state index contributed by atoms with van der Waals surface area (Å²) in [5.41, 5.74) is 6.50. The first-order valence-corrected chi connectivity index (χ1v) is 11.8. The summed E-state index contributed by atoms with van der Waals surface area (Å²) in [5, 5.41) is 1.01. The molecule has 0 saturated carbocycles. The highest BCUT2D eigenvalue weighted by Gasteiger charge is 2.29. The van der Waals surface area contributed by atoms with E-state index in [1.165, 1.54) is 0 Å². The van der Waals surface area contributed by atoms with E-state index < -0.39 is 0 Å². The zero-order valence-electron chi connectivity index (χ0n) is 19.1. The second-order valence-electron chi connectivity index (χ2n) is 8.89. The van der Waals surface area contributed by atoms with E-state index >= 15 is 0 Å². The quantitative estimate of drug-likeness (QED) is 0.252. The number of carbonyl (C=O) groups is 1. The Morgan fingerprint density at radius 2 is 1.11 bits per heavy atom. The fraction of sp³-hybridized carbons (Fsp3) is 0. The number of nitrogens with zero attached hydrogens (tertiary/aromatic N) is 1. The first-order valence-electron chi connectivity index (χ1n) is 11.8. The van der Waals surface area contributed by atoms with E-state index in [4.69, 9.17) is 4.42 Å². The molecule has 4 nitrogen and oxygen atoms in total. The van der Waals surface area contributed by atoms with Crippen LogP contribution in [0.4, 0.5) is 17.1 Å². The summed E-state index contributed by atoms with van der Waals surface area (Å²) in [6, 6.07) is 36.8. The maximum atomic E-state index is 13.6. The predicted molar refractivity (Wildman–Crippen MR) is 144 cm³/mol. The standard InChI is InChI=1S/C32H19NO3/c34-31-24-13-7-8-14-29(24)36-30-19-27-25(18-28(30)31)23-16-15-22(17-26(23)32(27)35)33(20-9-3-1-4-10-20)21-11-5-2-6-12-21/h1-19H. The number of fused-ring (bicyclic) bond motifs is 5. The van der Waals surface area contributed by atoms with Crippen molar-refractivity contribution in [3.05, 3.63) is 137 Å². The van der Waals surface area contributed by atoms with E-state index in [2.05, 4.69) is 4.90 Å². The van der Waals surface area contributed by atoms with Gasteiger partial charge < -0.3 is 9.32 Å². The van der Waals surface area contributed by atoms with Gasteiger partial charge in [0.05, 0.1) is 10.8 Å². The summed E-state index contributed by atoms with van der Waals surface area (Å²) in [4.78, 5) is 28.9. The second kappa shape index (κ2) is 7.79. The van der Waals surface area contributed by atoms with Gasteiger partial charge >= 0.3 is 0 Å². The van der Waals surface area contributed by atoms with Gasteiger partial charge in [0.25, 0.3) is 0 Å². The van der Waals surface area contributed by atoms with E-state index in [1.807, 2.05) is 91.0 Å². The number of hydrogen-bond donors (Lipinski definition) is 0. The first-order chi connectivity index (χ1) is 17.7. The van der Waals surface area contributed by atoms with Gasteiger partial charge in [0.2, 0.25) is 5.43 Å². The summed E-state index contributed by atoms with van der Waals surface area (Å²) in [6.07, 6.45) is 0. The van der Waals surface area contributed by atoms with Crippen molar-refractivity contribution in [2.75, 3.05) is 4.90 Å². The Kier molecular flexibility index (Phi) is 4.42. The van der Waals surface area contributed by atoms with Crippen LogP contribution in [0.15, 0.2) is 124 Å². The molecule has 0 saturated heterocycles. The van der Waals surface area contributed by atoms with Gasteiger partial charge in [-0.3, -0.25) is 9.59 Å². The van der Waals surface area contributed by atoms with Crippen molar-refractivity contribution in [1.29, 1.82) is 0 Å².